The standard InChI is InChI=1S/C23H20FN5O2S/c24-15-6-4-14(5-7-15)21-18(10-29(27-21)16-11-32-12-16)22-17-9-20(31-23(17)26-13-25-22)28-8-2-1-3-19(28)30/h4-7,9-10,13,16H,1-3,8,11-12H2. The first-order valence-corrected chi connectivity index (χ1v) is 11.8. The number of hydrogen-bond donors (Lipinski definition) is 0. The molecule has 0 bridgehead atoms. The van der Waals surface area contributed by atoms with Crippen LogP contribution in [-0.2, 0) is 4.79 Å². The van der Waals surface area contributed by atoms with Gasteiger partial charge in [0.05, 0.1) is 17.1 Å². The first-order chi connectivity index (χ1) is 15.7. The molecular weight excluding hydrogens is 429 g/mol. The van der Waals surface area contributed by atoms with E-state index in [-0.39, 0.29) is 11.7 Å². The van der Waals surface area contributed by atoms with Crippen molar-refractivity contribution < 1.29 is 13.6 Å². The average molecular weight is 450 g/mol. The molecule has 2 fully saturated rings. The van der Waals surface area contributed by atoms with Crippen molar-refractivity contribution in [1.29, 1.82) is 0 Å². The summed E-state index contributed by atoms with van der Waals surface area (Å²) in [4.78, 5) is 22.9. The molecular formula is C23H20FN5O2S. The zero-order valence-corrected chi connectivity index (χ0v) is 18.0. The maximum absolute atomic E-state index is 13.5. The van der Waals surface area contributed by atoms with Crippen LogP contribution in [0.2, 0.25) is 0 Å². The second kappa shape index (κ2) is 7.74. The van der Waals surface area contributed by atoms with E-state index in [4.69, 9.17) is 9.52 Å². The summed E-state index contributed by atoms with van der Waals surface area (Å²) in [6, 6.07) is 8.50. The minimum atomic E-state index is -0.291. The molecule has 1 aromatic carbocycles. The molecule has 32 heavy (non-hydrogen) atoms. The first kappa shape index (κ1) is 19.5. The molecule has 0 unspecified atom stereocenters. The van der Waals surface area contributed by atoms with Crippen molar-refractivity contribution in [2.75, 3.05) is 23.0 Å². The molecule has 1 amide bonds. The topological polar surface area (TPSA) is 77.1 Å². The highest BCUT2D eigenvalue weighted by Crippen LogP contribution is 2.39. The maximum atomic E-state index is 13.5. The van der Waals surface area contributed by atoms with Gasteiger partial charge >= 0.3 is 0 Å². The predicted molar refractivity (Wildman–Crippen MR) is 121 cm³/mol. The fourth-order valence-corrected chi connectivity index (χ4v) is 4.93. The fraction of sp³-hybridized carbons (Fsp3) is 0.304. The highest BCUT2D eigenvalue weighted by Gasteiger charge is 2.27. The number of piperidine rings is 1. The molecule has 0 N–H and O–H groups in total. The molecule has 0 saturated carbocycles. The quantitative estimate of drug-likeness (QED) is 0.450. The third-order valence-electron chi connectivity index (χ3n) is 6.01. The van der Waals surface area contributed by atoms with Crippen LogP contribution in [0.1, 0.15) is 25.3 Å². The number of carbonyl (C=O) groups excluding carboxylic acids is 1. The van der Waals surface area contributed by atoms with Gasteiger partial charge in [0, 0.05) is 47.9 Å². The zero-order valence-electron chi connectivity index (χ0n) is 17.2. The Morgan fingerprint density at radius 1 is 1.09 bits per heavy atom. The number of amides is 1. The van der Waals surface area contributed by atoms with E-state index < -0.39 is 0 Å². The van der Waals surface area contributed by atoms with Crippen molar-refractivity contribution in [2.45, 2.75) is 25.3 Å². The van der Waals surface area contributed by atoms with E-state index in [2.05, 4.69) is 9.97 Å². The maximum Gasteiger partial charge on any atom is 0.232 e. The molecule has 162 valence electrons. The molecule has 0 atom stereocenters. The minimum absolute atomic E-state index is 0.0621. The lowest BCUT2D eigenvalue weighted by Crippen LogP contribution is -2.34. The van der Waals surface area contributed by atoms with Crippen LogP contribution in [-0.4, -0.2) is 43.7 Å². The van der Waals surface area contributed by atoms with Crippen molar-refractivity contribution in [2.24, 2.45) is 0 Å². The molecule has 9 heteroatoms. The summed E-state index contributed by atoms with van der Waals surface area (Å²) < 4.78 is 21.5. The number of nitrogens with zero attached hydrogens (tertiary/aromatic N) is 5. The fourth-order valence-electron chi connectivity index (χ4n) is 4.18. The van der Waals surface area contributed by atoms with Crippen LogP contribution >= 0.6 is 11.8 Å². The normalized spacial score (nSPS) is 17.2. The molecule has 4 aromatic rings. The van der Waals surface area contributed by atoms with Crippen molar-refractivity contribution in [1.82, 2.24) is 19.7 Å². The summed E-state index contributed by atoms with van der Waals surface area (Å²) >= 11 is 1.88. The van der Waals surface area contributed by atoms with E-state index in [1.54, 1.807) is 17.0 Å². The highest BCUT2D eigenvalue weighted by molar-refractivity contribution is 8.00. The summed E-state index contributed by atoms with van der Waals surface area (Å²) in [5.74, 6) is 2.29. The van der Waals surface area contributed by atoms with Gasteiger partial charge in [-0.25, -0.2) is 14.4 Å². The van der Waals surface area contributed by atoms with Gasteiger partial charge in [-0.2, -0.15) is 16.9 Å². The molecule has 2 aliphatic rings. The molecule has 3 aromatic heterocycles. The third kappa shape index (κ3) is 3.28. The van der Waals surface area contributed by atoms with Gasteiger partial charge < -0.3 is 4.42 Å². The van der Waals surface area contributed by atoms with Gasteiger partial charge in [-0.15, -0.1) is 0 Å². The predicted octanol–water partition coefficient (Wildman–Crippen LogP) is 4.70. The molecule has 0 spiro atoms. The van der Waals surface area contributed by atoms with Crippen LogP contribution in [0.4, 0.5) is 10.3 Å². The lowest BCUT2D eigenvalue weighted by atomic mass is 10.0. The Bertz CT molecular complexity index is 1310. The van der Waals surface area contributed by atoms with Crippen molar-refractivity contribution in [3.05, 3.63) is 48.7 Å². The summed E-state index contributed by atoms with van der Waals surface area (Å²) in [6.45, 7) is 0.638. The number of thioether (sulfide) groups is 1. The highest BCUT2D eigenvalue weighted by atomic mass is 32.2. The summed E-state index contributed by atoms with van der Waals surface area (Å²) in [7, 11) is 0. The molecule has 7 nitrogen and oxygen atoms in total. The van der Waals surface area contributed by atoms with Gasteiger partial charge in [-0.1, -0.05) is 0 Å². The van der Waals surface area contributed by atoms with Gasteiger partial charge in [0.2, 0.25) is 17.5 Å². The van der Waals surface area contributed by atoms with Gasteiger partial charge in [0.1, 0.15) is 17.8 Å². The first-order valence-electron chi connectivity index (χ1n) is 10.7. The zero-order chi connectivity index (χ0) is 21.7. The second-order valence-electron chi connectivity index (χ2n) is 8.10. The number of carbonyl (C=O) groups is 1. The smallest absolute Gasteiger partial charge is 0.232 e. The Morgan fingerprint density at radius 3 is 2.69 bits per heavy atom. The number of rotatable bonds is 4. The van der Waals surface area contributed by atoms with E-state index in [0.717, 1.165) is 46.6 Å². The lowest BCUT2D eigenvalue weighted by Gasteiger charge is -2.24. The van der Waals surface area contributed by atoms with Crippen LogP contribution in [0.5, 0.6) is 0 Å². The van der Waals surface area contributed by atoms with Gasteiger partial charge in [0.15, 0.2) is 0 Å². The Labute approximate surface area is 187 Å². The molecule has 0 aliphatic carbocycles. The van der Waals surface area contributed by atoms with Crippen LogP contribution in [0.3, 0.4) is 0 Å². The largest absolute Gasteiger partial charge is 0.422 e. The number of aromatic nitrogens is 4. The molecule has 2 aliphatic heterocycles. The van der Waals surface area contributed by atoms with Gasteiger partial charge in [0.25, 0.3) is 0 Å². The number of hydrogen-bond acceptors (Lipinski definition) is 6. The van der Waals surface area contributed by atoms with Crippen LogP contribution in [0.15, 0.2) is 47.3 Å². The van der Waals surface area contributed by atoms with E-state index in [0.29, 0.717) is 36.3 Å². The molecule has 6 rings (SSSR count). The average Bonchev–Trinajstić information content (AvgIpc) is 3.38. The van der Waals surface area contributed by atoms with Crippen molar-refractivity contribution in [3.8, 4) is 22.5 Å². The number of furan rings is 1. The third-order valence-corrected chi connectivity index (χ3v) is 7.25. The monoisotopic (exact) mass is 449 g/mol. The lowest BCUT2D eigenvalue weighted by molar-refractivity contribution is -0.119. The Balaban J connectivity index is 1.50. The van der Waals surface area contributed by atoms with E-state index in [1.807, 2.05) is 28.7 Å². The number of fused-ring (bicyclic) bond motifs is 1. The van der Waals surface area contributed by atoms with Gasteiger partial charge in [-0.05, 0) is 37.1 Å². The van der Waals surface area contributed by atoms with Crippen LogP contribution in [0, 0.1) is 5.82 Å². The Morgan fingerprint density at radius 2 is 1.94 bits per heavy atom. The molecule has 2 saturated heterocycles. The van der Waals surface area contributed by atoms with E-state index in [1.165, 1.54) is 18.5 Å². The minimum Gasteiger partial charge on any atom is -0.422 e. The van der Waals surface area contributed by atoms with Crippen molar-refractivity contribution >= 4 is 34.7 Å². The van der Waals surface area contributed by atoms with Crippen LogP contribution < -0.4 is 4.90 Å². The summed E-state index contributed by atoms with van der Waals surface area (Å²) in [6.07, 6.45) is 5.84. The molecule has 0 radical (unpaired) electrons. The van der Waals surface area contributed by atoms with Crippen molar-refractivity contribution in [3.63, 3.8) is 0 Å². The Hall–Kier alpha value is -3.20. The number of anilines is 1. The second-order valence-corrected chi connectivity index (χ2v) is 9.17. The Kier molecular flexibility index (Phi) is 4.71. The summed E-state index contributed by atoms with van der Waals surface area (Å²) in [5.41, 5.74) is 3.50. The number of benzene rings is 1. The molecule has 5 heterocycles. The summed E-state index contributed by atoms with van der Waals surface area (Å²) in [5, 5.41) is 5.58. The SMILES string of the molecule is O=C1CCCCN1c1cc2c(-c3cn(C4CSC4)nc3-c3ccc(F)cc3)ncnc2o1. The van der Waals surface area contributed by atoms with Gasteiger partial charge in [-0.3, -0.25) is 14.4 Å². The van der Waals surface area contributed by atoms with Crippen LogP contribution in [0.25, 0.3) is 33.6 Å². The van der Waals surface area contributed by atoms with E-state index >= 15 is 0 Å². The van der Waals surface area contributed by atoms with E-state index in [9.17, 15) is 9.18 Å². The number of halogens is 1.